The number of guanidine groups is 1. The number of benzene rings is 1. The average molecular weight is 503 g/mol. The first kappa shape index (κ1) is 24.6. The number of amides is 1. The van der Waals surface area contributed by atoms with Crippen LogP contribution in [0.15, 0.2) is 29.3 Å². The number of halogens is 1. The molecular formula is C20H34IN5O2. The van der Waals surface area contributed by atoms with Crippen LogP contribution in [0.25, 0.3) is 0 Å². The summed E-state index contributed by atoms with van der Waals surface area (Å²) in [5.74, 6) is 0.847. The molecule has 1 aromatic rings. The van der Waals surface area contributed by atoms with Crippen LogP contribution >= 0.6 is 24.0 Å². The molecule has 1 heterocycles. The van der Waals surface area contributed by atoms with Crippen LogP contribution in [0.4, 0.5) is 0 Å². The number of carbonyl (C=O) groups excluding carboxylic acids is 1. The molecule has 1 amide bonds. The van der Waals surface area contributed by atoms with E-state index in [1.807, 2.05) is 6.92 Å². The monoisotopic (exact) mass is 503 g/mol. The van der Waals surface area contributed by atoms with E-state index in [2.05, 4.69) is 39.8 Å². The Balaban J connectivity index is 0.00000392. The second kappa shape index (κ2) is 13.7. The van der Waals surface area contributed by atoms with Crippen molar-refractivity contribution in [2.24, 2.45) is 4.99 Å². The van der Waals surface area contributed by atoms with Crippen LogP contribution in [0.3, 0.4) is 0 Å². The number of morpholine rings is 1. The highest BCUT2D eigenvalue weighted by Gasteiger charge is 2.12. The predicted octanol–water partition coefficient (Wildman–Crippen LogP) is 1.67. The zero-order chi connectivity index (χ0) is 19.5. The maximum absolute atomic E-state index is 11.7. The molecule has 0 saturated carbocycles. The van der Waals surface area contributed by atoms with Crippen molar-refractivity contribution in [1.82, 2.24) is 20.4 Å². The Morgan fingerprint density at radius 3 is 2.50 bits per heavy atom. The van der Waals surface area contributed by atoms with Gasteiger partial charge >= 0.3 is 0 Å². The fraction of sp³-hybridized carbons (Fsp3) is 0.600. The Morgan fingerprint density at radius 2 is 1.86 bits per heavy atom. The van der Waals surface area contributed by atoms with Crippen molar-refractivity contribution in [3.8, 4) is 0 Å². The van der Waals surface area contributed by atoms with Crippen molar-refractivity contribution in [3.05, 3.63) is 35.4 Å². The Hall–Kier alpha value is -1.39. The van der Waals surface area contributed by atoms with Crippen molar-refractivity contribution in [3.63, 3.8) is 0 Å². The number of rotatable bonds is 8. The van der Waals surface area contributed by atoms with Gasteiger partial charge in [-0.05, 0) is 18.1 Å². The Kier molecular flexibility index (Phi) is 12.1. The van der Waals surface area contributed by atoms with Gasteiger partial charge in [0.1, 0.15) is 0 Å². The summed E-state index contributed by atoms with van der Waals surface area (Å²) >= 11 is 0. The molecule has 2 N–H and O–H groups in total. The van der Waals surface area contributed by atoms with Gasteiger partial charge in [0, 0.05) is 53.2 Å². The second-order valence-corrected chi connectivity index (χ2v) is 6.82. The van der Waals surface area contributed by atoms with Crippen molar-refractivity contribution in [2.75, 3.05) is 53.5 Å². The van der Waals surface area contributed by atoms with Crippen LogP contribution in [0.2, 0.25) is 0 Å². The van der Waals surface area contributed by atoms with E-state index in [1.54, 1.807) is 19.0 Å². The summed E-state index contributed by atoms with van der Waals surface area (Å²) in [6.07, 6.45) is 0.449. The molecule has 28 heavy (non-hydrogen) atoms. The largest absolute Gasteiger partial charge is 0.379 e. The molecule has 0 spiro atoms. The lowest BCUT2D eigenvalue weighted by Crippen LogP contribution is -2.39. The van der Waals surface area contributed by atoms with Gasteiger partial charge in [-0.3, -0.25) is 9.69 Å². The third kappa shape index (κ3) is 8.74. The minimum absolute atomic E-state index is 0. The summed E-state index contributed by atoms with van der Waals surface area (Å²) in [5, 5.41) is 6.49. The smallest absolute Gasteiger partial charge is 0.223 e. The molecule has 1 aliphatic heterocycles. The predicted molar refractivity (Wildman–Crippen MR) is 124 cm³/mol. The van der Waals surface area contributed by atoms with Crippen LogP contribution < -0.4 is 10.6 Å². The summed E-state index contributed by atoms with van der Waals surface area (Å²) in [4.78, 5) is 20.4. The number of nitrogens with zero attached hydrogens (tertiary/aromatic N) is 3. The quantitative estimate of drug-likeness (QED) is 0.321. The van der Waals surface area contributed by atoms with E-state index in [0.717, 1.165) is 45.4 Å². The SMILES string of the molecule is CCNC(=NCc1ccccc1CN1CCOCC1)NCCC(=O)N(C)C.I. The van der Waals surface area contributed by atoms with E-state index >= 15 is 0 Å². The number of nitrogens with one attached hydrogen (secondary N) is 2. The molecule has 0 radical (unpaired) electrons. The normalized spacial score (nSPS) is 14.9. The number of ether oxygens (including phenoxy) is 1. The van der Waals surface area contributed by atoms with E-state index in [0.29, 0.717) is 19.5 Å². The average Bonchev–Trinajstić information content (AvgIpc) is 2.67. The van der Waals surface area contributed by atoms with Gasteiger partial charge in [-0.15, -0.1) is 24.0 Å². The summed E-state index contributed by atoms with van der Waals surface area (Å²) in [6.45, 7) is 8.48. The first-order chi connectivity index (χ1) is 13.1. The molecule has 0 atom stereocenters. The van der Waals surface area contributed by atoms with Crippen LogP contribution in [0.1, 0.15) is 24.5 Å². The van der Waals surface area contributed by atoms with Gasteiger partial charge in [-0.25, -0.2) is 4.99 Å². The minimum Gasteiger partial charge on any atom is -0.379 e. The third-order valence-corrected chi connectivity index (χ3v) is 4.50. The molecule has 158 valence electrons. The van der Waals surface area contributed by atoms with Gasteiger partial charge < -0.3 is 20.3 Å². The number of aliphatic imine (C=N–C) groups is 1. The fourth-order valence-corrected chi connectivity index (χ4v) is 2.88. The van der Waals surface area contributed by atoms with Gasteiger partial charge in [0.05, 0.1) is 19.8 Å². The summed E-state index contributed by atoms with van der Waals surface area (Å²) in [6, 6.07) is 8.46. The van der Waals surface area contributed by atoms with Crippen LogP contribution in [0.5, 0.6) is 0 Å². The number of carbonyl (C=O) groups is 1. The van der Waals surface area contributed by atoms with Crippen molar-refractivity contribution in [1.29, 1.82) is 0 Å². The molecule has 1 aromatic carbocycles. The molecule has 1 saturated heterocycles. The Labute approximate surface area is 185 Å². The fourth-order valence-electron chi connectivity index (χ4n) is 2.88. The lowest BCUT2D eigenvalue weighted by Gasteiger charge is -2.27. The van der Waals surface area contributed by atoms with E-state index in [1.165, 1.54) is 11.1 Å². The highest BCUT2D eigenvalue weighted by atomic mass is 127. The molecule has 2 rings (SSSR count). The lowest BCUT2D eigenvalue weighted by molar-refractivity contribution is -0.128. The zero-order valence-electron chi connectivity index (χ0n) is 17.2. The van der Waals surface area contributed by atoms with Gasteiger partial charge in [0.15, 0.2) is 5.96 Å². The zero-order valence-corrected chi connectivity index (χ0v) is 19.6. The molecule has 1 fully saturated rings. The standard InChI is InChI=1S/C20H33N5O2.HI/c1-4-21-20(22-10-9-19(26)24(2)3)23-15-17-7-5-6-8-18(17)16-25-11-13-27-14-12-25;/h5-8H,4,9-16H2,1-3H3,(H2,21,22,23);1H. The molecule has 0 unspecified atom stereocenters. The summed E-state index contributed by atoms with van der Waals surface area (Å²) in [5.41, 5.74) is 2.53. The number of hydrogen-bond donors (Lipinski definition) is 2. The minimum atomic E-state index is 0. The van der Waals surface area contributed by atoms with Crippen LogP contribution in [-0.2, 0) is 22.6 Å². The second-order valence-electron chi connectivity index (χ2n) is 6.82. The molecular weight excluding hydrogens is 469 g/mol. The molecule has 8 heteroatoms. The van der Waals surface area contributed by atoms with Crippen LogP contribution in [-0.4, -0.2) is 75.2 Å². The Morgan fingerprint density at radius 1 is 1.18 bits per heavy atom. The maximum atomic E-state index is 11.7. The molecule has 1 aliphatic rings. The van der Waals surface area contributed by atoms with Crippen molar-refractivity contribution < 1.29 is 9.53 Å². The first-order valence-corrected chi connectivity index (χ1v) is 9.69. The number of hydrogen-bond acceptors (Lipinski definition) is 4. The summed E-state index contributed by atoms with van der Waals surface area (Å²) < 4.78 is 5.44. The lowest BCUT2D eigenvalue weighted by atomic mass is 10.1. The van der Waals surface area contributed by atoms with E-state index in [-0.39, 0.29) is 29.9 Å². The van der Waals surface area contributed by atoms with Gasteiger partial charge in [-0.1, -0.05) is 24.3 Å². The highest BCUT2D eigenvalue weighted by Crippen LogP contribution is 2.14. The van der Waals surface area contributed by atoms with Gasteiger partial charge in [0.25, 0.3) is 0 Å². The molecule has 0 aliphatic carbocycles. The Bertz CT molecular complexity index is 618. The van der Waals surface area contributed by atoms with E-state index in [9.17, 15) is 4.79 Å². The van der Waals surface area contributed by atoms with Crippen molar-refractivity contribution in [2.45, 2.75) is 26.4 Å². The van der Waals surface area contributed by atoms with Crippen molar-refractivity contribution >= 4 is 35.8 Å². The third-order valence-electron chi connectivity index (χ3n) is 4.50. The van der Waals surface area contributed by atoms with Crippen LogP contribution in [0, 0.1) is 0 Å². The van der Waals surface area contributed by atoms with E-state index in [4.69, 9.17) is 9.73 Å². The molecule has 0 aromatic heterocycles. The van der Waals surface area contributed by atoms with Gasteiger partial charge in [0.2, 0.25) is 5.91 Å². The summed E-state index contributed by atoms with van der Waals surface area (Å²) in [7, 11) is 3.54. The first-order valence-electron chi connectivity index (χ1n) is 9.69. The topological polar surface area (TPSA) is 69.2 Å². The molecule has 7 nitrogen and oxygen atoms in total. The highest BCUT2D eigenvalue weighted by molar-refractivity contribution is 14.0. The van der Waals surface area contributed by atoms with Gasteiger partial charge in [-0.2, -0.15) is 0 Å². The maximum Gasteiger partial charge on any atom is 0.223 e. The molecule has 0 bridgehead atoms. The van der Waals surface area contributed by atoms with E-state index < -0.39 is 0 Å².